The summed E-state index contributed by atoms with van der Waals surface area (Å²) in [7, 11) is -4.65. The monoisotopic (exact) mass is 373 g/mol. The molecular formula is C14H8NNaO6S2. The van der Waals surface area contributed by atoms with Gasteiger partial charge in [-0.15, -0.1) is 11.3 Å². The molecule has 0 aliphatic carbocycles. The van der Waals surface area contributed by atoms with Crippen LogP contribution in [0.4, 0.5) is 0 Å². The molecule has 118 valence electrons. The minimum atomic E-state index is -4.65. The van der Waals surface area contributed by atoms with Crippen LogP contribution >= 0.6 is 11.3 Å². The van der Waals surface area contributed by atoms with Gasteiger partial charge in [0.1, 0.15) is 21.4 Å². The molecule has 10 heteroatoms. The van der Waals surface area contributed by atoms with Gasteiger partial charge in [-0.2, -0.15) is 0 Å². The van der Waals surface area contributed by atoms with Crippen LogP contribution in [0.3, 0.4) is 0 Å². The van der Waals surface area contributed by atoms with Gasteiger partial charge >= 0.3 is 35.2 Å². The molecule has 0 saturated heterocycles. The van der Waals surface area contributed by atoms with Gasteiger partial charge in [0.2, 0.25) is 0 Å². The molecule has 3 rings (SSSR count). The summed E-state index contributed by atoms with van der Waals surface area (Å²) in [4.78, 5) is 15.9. The molecule has 0 spiro atoms. The predicted molar refractivity (Wildman–Crippen MR) is 83.1 cm³/mol. The molecule has 0 bridgehead atoms. The molecule has 0 fully saturated rings. The van der Waals surface area contributed by atoms with Crippen molar-refractivity contribution in [1.29, 1.82) is 0 Å². The average molecular weight is 373 g/mol. The van der Waals surface area contributed by atoms with Crippen molar-refractivity contribution in [3.05, 3.63) is 56.7 Å². The van der Waals surface area contributed by atoms with Gasteiger partial charge in [-0.1, -0.05) is 6.07 Å². The maximum Gasteiger partial charge on any atom is 1.00 e. The second-order valence-corrected chi connectivity index (χ2v) is 6.80. The maximum atomic E-state index is 11.9. The smallest absolute Gasteiger partial charge is 0.744 e. The quantitative estimate of drug-likeness (QED) is 0.363. The molecule has 24 heavy (non-hydrogen) atoms. The van der Waals surface area contributed by atoms with E-state index < -0.39 is 20.6 Å². The first kappa shape index (κ1) is 18.8. The molecular weight excluding hydrogens is 365 g/mol. The van der Waals surface area contributed by atoms with Gasteiger partial charge in [0.05, 0.1) is 9.77 Å². The van der Waals surface area contributed by atoms with Crippen molar-refractivity contribution in [2.45, 2.75) is 4.90 Å². The van der Waals surface area contributed by atoms with Gasteiger partial charge in [-0.3, -0.25) is 0 Å². The number of hydrogen-bond donors (Lipinski definition) is 1. The fourth-order valence-electron chi connectivity index (χ4n) is 1.87. The number of aliphatic hydroxyl groups is 1. The predicted octanol–water partition coefficient (Wildman–Crippen LogP) is -0.786. The Labute approximate surface area is 162 Å². The van der Waals surface area contributed by atoms with Crippen molar-refractivity contribution in [3.8, 4) is 0 Å². The van der Waals surface area contributed by atoms with E-state index in [1.165, 1.54) is 17.4 Å². The van der Waals surface area contributed by atoms with Gasteiger partial charge in [0.25, 0.3) is 0 Å². The molecule has 2 heterocycles. The van der Waals surface area contributed by atoms with E-state index in [0.29, 0.717) is 4.88 Å². The standard InChI is InChI=1S/C14H9NO6S2.Na/c16-11(13-2-1-5-22-13)7-10-14(17)21-12-4-3-8(23(18,19)20)6-9(12)15-10;/h1-7,16H,(H,18,19,20);/q;+1/p-1. The van der Waals surface area contributed by atoms with E-state index in [1.807, 2.05) is 0 Å². The van der Waals surface area contributed by atoms with Gasteiger partial charge < -0.3 is 14.1 Å². The van der Waals surface area contributed by atoms with Crippen molar-refractivity contribution in [2.75, 3.05) is 0 Å². The zero-order chi connectivity index (χ0) is 16.6. The summed E-state index contributed by atoms with van der Waals surface area (Å²) in [6, 6.07) is 6.61. The first-order valence-corrected chi connectivity index (χ1v) is 8.49. The summed E-state index contributed by atoms with van der Waals surface area (Å²) in [5, 5.41) is 11.7. The van der Waals surface area contributed by atoms with Crippen LogP contribution in [-0.4, -0.2) is 23.1 Å². The van der Waals surface area contributed by atoms with E-state index in [9.17, 15) is 22.9 Å². The number of hydrogen-bond acceptors (Lipinski definition) is 8. The molecule has 0 aliphatic rings. The minimum Gasteiger partial charge on any atom is -0.744 e. The molecule has 0 amide bonds. The molecule has 0 saturated carbocycles. The van der Waals surface area contributed by atoms with E-state index in [-0.39, 0.29) is 52.1 Å². The molecule has 0 radical (unpaired) electrons. The van der Waals surface area contributed by atoms with Crippen LogP contribution in [0.2, 0.25) is 0 Å². The number of fused-ring (bicyclic) bond motifs is 1. The normalized spacial score (nSPS) is 12.1. The summed E-state index contributed by atoms with van der Waals surface area (Å²) in [5.41, 5.74) is -0.941. The molecule has 0 unspecified atom stereocenters. The fraction of sp³-hybridized carbons (Fsp3) is 0. The maximum absolute atomic E-state index is 11.9. The zero-order valence-corrected chi connectivity index (χ0v) is 15.9. The summed E-state index contributed by atoms with van der Waals surface area (Å²) in [6.07, 6.45) is 1.12. The Kier molecular flexibility index (Phi) is 5.63. The third kappa shape index (κ3) is 3.94. The number of aromatic nitrogens is 1. The van der Waals surface area contributed by atoms with Crippen LogP contribution in [0.1, 0.15) is 10.6 Å². The van der Waals surface area contributed by atoms with E-state index in [1.54, 1.807) is 17.5 Å². The van der Waals surface area contributed by atoms with Crippen molar-refractivity contribution < 1.29 is 52.1 Å². The summed E-state index contributed by atoms with van der Waals surface area (Å²) >= 11 is 1.27. The van der Waals surface area contributed by atoms with E-state index in [4.69, 9.17) is 4.42 Å². The molecule has 2 aromatic heterocycles. The average Bonchev–Trinajstić information content (AvgIpc) is 3.01. The SMILES string of the molecule is O=c1oc2ccc(S(=O)(=O)[O-])cc2nc1C=C(O)c1cccs1.[Na+]. The van der Waals surface area contributed by atoms with Gasteiger partial charge in [-0.25, -0.2) is 18.2 Å². The van der Waals surface area contributed by atoms with E-state index in [0.717, 1.165) is 18.2 Å². The molecule has 0 atom stereocenters. The minimum absolute atomic E-state index is 0. The second kappa shape index (κ2) is 7.18. The largest absolute Gasteiger partial charge is 1.00 e. The molecule has 1 aromatic carbocycles. The Bertz CT molecular complexity index is 1070. The summed E-state index contributed by atoms with van der Waals surface area (Å²) < 4.78 is 38.1. The topological polar surface area (TPSA) is 121 Å². The summed E-state index contributed by atoms with van der Waals surface area (Å²) in [5.74, 6) is -0.174. The van der Waals surface area contributed by atoms with Crippen LogP contribution in [0.25, 0.3) is 22.9 Å². The number of benzene rings is 1. The second-order valence-electron chi connectivity index (χ2n) is 4.48. The van der Waals surface area contributed by atoms with Crippen LogP contribution in [0, 0.1) is 0 Å². The van der Waals surface area contributed by atoms with Crippen molar-refractivity contribution in [1.82, 2.24) is 4.98 Å². The van der Waals surface area contributed by atoms with Gasteiger partial charge in [0, 0.05) is 6.08 Å². The Morgan fingerprint density at radius 3 is 2.71 bits per heavy atom. The summed E-state index contributed by atoms with van der Waals surface area (Å²) in [6.45, 7) is 0. The van der Waals surface area contributed by atoms with Gasteiger partial charge in [-0.05, 0) is 29.6 Å². The first-order valence-electron chi connectivity index (χ1n) is 6.20. The first-order chi connectivity index (χ1) is 10.8. The van der Waals surface area contributed by atoms with E-state index in [2.05, 4.69) is 4.98 Å². The Morgan fingerprint density at radius 2 is 2.08 bits per heavy atom. The van der Waals surface area contributed by atoms with Crippen LogP contribution in [0.5, 0.6) is 0 Å². The number of nitrogens with zero attached hydrogens (tertiary/aromatic N) is 1. The Hall–Kier alpha value is -1.49. The molecule has 0 aliphatic heterocycles. The molecule has 3 aromatic rings. The third-order valence-electron chi connectivity index (χ3n) is 2.92. The molecule has 7 nitrogen and oxygen atoms in total. The van der Waals surface area contributed by atoms with Gasteiger partial charge in [0.15, 0.2) is 11.3 Å². The van der Waals surface area contributed by atoms with Crippen molar-refractivity contribution in [2.24, 2.45) is 0 Å². The number of aliphatic hydroxyl groups excluding tert-OH is 1. The fourth-order valence-corrected chi connectivity index (χ4v) is 3.00. The van der Waals surface area contributed by atoms with Crippen LogP contribution in [0.15, 0.2) is 49.8 Å². The number of thiophene rings is 1. The zero-order valence-electron chi connectivity index (χ0n) is 12.3. The van der Waals surface area contributed by atoms with Crippen LogP contribution < -0.4 is 35.2 Å². The Balaban J connectivity index is 0.00000208. The van der Waals surface area contributed by atoms with Crippen molar-refractivity contribution >= 4 is 44.4 Å². The van der Waals surface area contributed by atoms with E-state index >= 15 is 0 Å². The molecule has 1 N–H and O–H groups in total. The third-order valence-corrected chi connectivity index (χ3v) is 4.64. The Morgan fingerprint density at radius 1 is 1.33 bits per heavy atom. The van der Waals surface area contributed by atoms with Crippen molar-refractivity contribution in [3.63, 3.8) is 0 Å². The van der Waals surface area contributed by atoms with Crippen LogP contribution in [-0.2, 0) is 10.1 Å². The number of rotatable bonds is 3.